The molecule has 0 bridgehead atoms. The van der Waals surface area contributed by atoms with Gasteiger partial charge in [-0.3, -0.25) is 4.90 Å². The van der Waals surface area contributed by atoms with Crippen molar-refractivity contribution in [1.82, 2.24) is 14.1 Å². The number of nitrogens with zero attached hydrogens (tertiary/aromatic N) is 3. The highest BCUT2D eigenvalue weighted by atomic mass is 32.2. The molecule has 154 valence electrons. The summed E-state index contributed by atoms with van der Waals surface area (Å²) in [6.07, 6.45) is 1.61. The van der Waals surface area contributed by atoms with Crippen molar-refractivity contribution in [2.75, 3.05) is 53.1 Å². The fourth-order valence-electron chi connectivity index (χ4n) is 3.75. The lowest BCUT2D eigenvalue weighted by Gasteiger charge is -2.44. The van der Waals surface area contributed by atoms with Crippen molar-refractivity contribution in [2.45, 2.75) is 38.8 Å². The molecule has 6 nitrogen and oxygen atoms in total. The van der Waals surface area contributed by atoms with Gasteiger partial charge in [0.05, 0.1) is 12.9 Å². The van der Waals surface area contributed by atoms with Crippen LogP contribution in [-0.2, 0) is 16.4 Å². The summed E-state index contributed by atoms with van der Waals surface area (Å²) in [5.74, 6) is 0.902. The topological polar surface area (TPSA) is 53.1 Å². The van der Waals surface area contributed by atoms with Gasteiger partial charge in [0.1, 0.15) is 5.75 Å². The smallest absolute Gasteiger partial charge is 0.214 e. The first-order chi connectivity index (χ1) is 12.7. The van der Waals surface area contributed by atoms with E-state index in [-0.39, 0.29) is 17.8 Å². The summed E-state index contributed by atoms with van der Waals surface area (Å²) in [5.41, 5.74) is 0.987. The number of rotatable bonds is 9. The van der Waals surface area contributed by atoms with Crippen molar-refractivity contribution in [2.24, 2.45) is 0 Å². The molecule has 0 saturated carbocycles. The van der Waals surface area contributed by atoms with E-state index < -0.39 is 10.0 Å². The SMILES string of the molecule is COc1cccc(CCS(=O)(=O)N2CC(C)N(CCCN(C)C)C(C)C2)c1. The predicted octanol–water partition coefficient (Wildman–Crippen LogP) is 1.91. The molecule has 1 aliphatic heterocycles. The maximum atomic E-state index is 12.9. The van der Waals surface area contributed by atoms with Gasteiger partial charge in [0.15, 0.2) is 0 Å². The average Bonchev–Trinajstić information content (AvgIpc) is 2.62. The highest BCUT2D eigenvalue weighted by Gasteiger charge is 2.34. The van der Waals surface area contributed by atoms with Gasteiger partial charge < -0.3 is 9.64 Å². The van der Waals surface area contributed by atoms with E-state index in [0.29, 0.717) is 19.5 Å². The molecule has 0 amide bonds. The minimum Gasteiger partial charge on any atom is -0.497 e. The lowest BCUT2D eigenvalue weighted by Crippen LogP contribution is -2.58. The second kappa shape index (κ2) is 9.87. The van der Waals surface area contributed by atoms with E-state index in [1.165, 1.54) is 0 Å². The Hall–Kier alpha value is -1.15. The first-order valence-electron chi connectivity index (χ1n) is 9.74. The third kappa shape index (κ3) is 6.45. The number of hydrogen-bond acceptors (Lipinski definition) is 5. The molecule has 0 spiro atoms. The summed E-state index contributed by atoms with van der Waals surface area (Å²) in [4.78, 5) is 4.63. The summed E-state index contributed by atoms with van der Waals surface area (Å²) in [7, 11) is 2.52. The molecule has 27 heavy (non-hydrogen) atoms. The summed E-state index contributed by atoms with van der Waals surface area (Å²) < 4.78 is 32.7. The van der Waals surface area contributed by atoms with Crippen molar-refractivity contribution >= 4 is 10.0 Å². The molecule has 2 unspecified atom stereocenters. The van der Waals surface area contributed by atoms with Crippen LogP contribution in [0.5, 0.6) is 5.75 Å². The van der Waals surface area contributed by atoms with Gasteiger partial charge in [0.25, 0.3) is 0 Å². The molecule has 1 fully saturated rings. The van der Waals surface area contributed by atoms with Crippen LogP contribution in [0.15, 0.2) is 24.3 Å². The molecule has 1 aromatic rings. The zero-order chi connectivity index (χ0) is 20.0. The fourth-order valence-corrected chi connectivity index (χ4v) is 5.39. The van der Waals surface area contributed by atoms with E-state index in [4.69, 9.17) is 4.74 Å². The average molecular weight is 398 g/mol. The summed E-state index contributed by atoms with van der Waals surface area (Å²) >= 11 is 0. The molecule has 1 heterocycles. The van der Waals surface area contributed by atoms with Gasteiger partial charge in [-0.05, 0) is 65.0 Å². The Balaban J connectivity index is 1.93. The molecule has 1 saturated heterocycles. The Kier molecular flexibility index (Phi) is 8.09. The van der Waals surface area contributed by atoms with Crippen LogP contribution in [0.4, 0.5) is 0 Å². The monoisotopic (exact) mass is 397 g/mol. The van der Waals surface area contributed by atoms with Crippen LogP contribution in [0.3, 0.4) is 0 Å². The highest BCUT2D eigenvalue weighted by molar-refractivity contribution is 7.89. The van der Waals surface area contributed by atoms with E-state index in [2.05, 4.69) is 37.7 Å². The molecule has 0 aliphatic carbocycles. The number of ether oxygens (including phenoxy) is 1. The molecule has 0 aromatic heterocycles. The third-order valence-electron chi connectivity index (χ3n) is 5.27. The lowest BCUT2D eigenvalue weighted by atomic mass is 10.1. The molecule has 1 aliphatic rings. The number of sulfonamides is 1. The van der Waals surface area contributed by atoms with Gasteiger partial charge in [-0.15, -0.1) is 0 Å². The van der Waals surface area contributed by atoms with Crippen molar-refractivity contribution in [3.05, 3.63) is 29.8 Å². The van der Waals surface area contributed by atoms with E-state index in [0.717, 1.165) is 30.8 Å². The molecule has 0 radical (unpaired) electrons. The van der Waals surface area contributed by atoms with Crippen LogP contribution >= 0.6 is 0 Å². The molecule has 1 aromatic carbocycles. The van der Waals surface area contributed by atoms with Gasteiger partial charge in [0.2, 0.25) is 10.0 Å². The van der Waals surface area contributed by atoms with E-state index in [9.17, 15) is 8.42 Å². The zero-order valence-corrected chi connectivity index (χ0v) is 18.2. The Morgan fingerprint density at radius 2 is 1.85 bits per heavy atom. The highest BCUT2D eigenvalue weighted by Crippen LogP contribution is 2.20. The third-order valence-corrected chi connectivity index (χ3v) is 7.07. The van der Waals surface area contributed by atoms with Crippen LogP contribution in [0, 0.1) is 0 Å². The largest absolute Gasteiger partial charge is 0.497 e. The number of aryl methyl sites for hydroxylation is 1. The van der Waals surface area contributed by atoms with Gasteiger partial charge in [-0.1, -0.05) is 12.1 Å². The first-order valence-corrected chi connectivity index (χ1v) is 11.3. The lowest BCUT2D eigenvalue weighted by molar-refractivity contribution is 0.0740. The number of piperazine rings is 1. The Labute approximate surface area is 165 Å². The number of hydrogen-bond donors (Lipinski definition) is 0. The van der Waals surface area contributed by atoms with Crippen LogP contribution < -0.4 is 4.74 Å². The Morgan fingerprint density at radius 1 is 1.19 bits per heavy atom. The summed E-state index contributed by atoms with van der Waals surface area (Å²) in [5, 5.41) is 0. The fraction of sp³-hybridized carbons (Fsp3) is 0.700. The minimum absolute atomic E-state index is 0.139. The maximum absolute atomic E-state index is 12.9. The zero-order valence-electron chi connectivity index (χ0n) is 17.4. The molecule has 0 N–H and O–H groups in total. The second-order valence-corrected chi connectivity index (χ2v) is 9.92. The molecular weight excluding hydrogens is 362 g/mol. The van der Waals surface area contributed by atoms with E-state index in [1.54, 1.807) is 11.4 Å². The van der Waals surface area contributed by atoms with Gasteiger partial charge in [0, 0.05) is 31.7 Å². The van der Waals surface area contributed by atoms with Crippen molar-refractivity contribution < 1.29 is 13.2 Å². The van der Waals surface area contributed by atoms with Crippen molar-refractivity contribution in [3.8, 4) is 5.75 Å². The number of methoxy groups -OCH3 is 1. The van der Waals surface area contributed by atoms with Crippen molar-refractivity contribution in [3.63, 3.8) is 0 Å². The first kappa shape index (κ1) is 22.1. The Morgan fingerprint density at radius 3 is 2.44 bits per heavy atom. The van der Waals surface area contributed by atoms with Gasteiger partial charge in [-0.2, -0.15) is 4.31 Å². The Bertz CT molecular complexity index is 681. The van der Waals surface area contributed by atoms with Crippen molar-refractivity contribution in [1.29, 1.82) is 0 Å². The van der Waals surface area contributed by atoms with Crippen LogP contribution in [0.1, 0.15) is 25.8 Å². The van der Waals surface area contributed by atoms with E-state index >= 15 is 0 Å². The standard InChI is InChI=1S/C20H35N3O3S/c1-17-15-22(16-18(2)23(17)12-7-11-21(3)4)27(24,25)13-10-19-8-6-9-20(14-19)26-5/h6,8-9,14,17-18H,7,10-13,15-16H2,1-5H3. The second-order valence-electron chi connectivity index (χ2n) is 7.83. The summed E-state index contributed by atoms with van der Waals surface area (Å²) in [6.45, 7) is 7.49. The molecule has 7 heteroatoms. The minimum atomic E-state index is -3.27. The predicted molar refractivity (Wildman–Crippen MR) is 111 cm³/mol. The maximum Gasteiger partial charge on any atom is 0.214 e. The van der Waals surface area contributed by atoms with Gasteiger partial charge >= 0.3 is 0 Å². The molecule has 2 atom stereocenters. The van der Waals surface area contributed by atoms with Crippen LogP contribution in [-0.4, -0.2) is 87.7 Å². The molecular formula is C20H35N3O3S. The van der Waals surface area contributed by atoms with Crippen LogP contribution in [0.2, 0.25) is 0 Å². The van der Waals surface area contributed by atoms with E-state index in [1.807, 2.05) is 24.3 Å². The van der Waals surface area contributed by atoms with Crippen LogP contribution in [0.25, 0.3) is 0 Å². The summed E-state index contributed by atoms with van der Waals surface area (Å²) in [6, 6.07) is 8.11. The number of benzene rings is 1. The quantitative estimate of drug-likeness (QED) is 0.637. The normalized spacial score (nSPS) is 22.3. The van der Waals surface area contributed by atoms with Gasteiger partial charge in [-0.25, -0.2) is 8.42 Å². The molecule has 2 rings (SSSR count).